The molecule has 132 valence electrons. The first-order valence-electron chi connectivity index (χ1n) is 8.59. The Hall–Kier alpha value is -2.69. The molecular weight excluding hydrogens is 316 g/mol. The van der Waals surface area contributed by atoms with E-state index in [-0.39, 0.29) is 18.5 Å². The summed E-state index contributed by atoms with van der Waals surface area (Å²) in [7, 11) is 0. The van der Waals surface area contributed by atoms with E-state index in [1.807, 2.05) is 68.4 Å². The van der Waals surface area contributed by atoms with Gasteiger partial charge in [-0.05, 0) is 49.2 Å². The molecule has 0 amide bonds. The van der Waals surface area contributed by atoms with Crippen LogP contribution < -0.4 is 4.74 Å². The van der Waals surface area contributed by atoms with Crippen molar-refractivity contribution in [3.63, 3.8) is 0 Å². The molecular formula is C20H24N2O3. The minimum Gasteiger partial charge on any atom is -0.490 e. The summed E-state index contributed by atoms with van der Waals surface area (Å²) in [4.78, 5) is 11.7. The van der Waals surface area contributed by atoms with Crippen molar-refractivity contribution < 1.29 is 14.3 Å². The summed E-state index contributed by atoms with van der Waals surface area (Å²) in [6, 6.07) is 16.9. The molecule has 0 spiro atoms. The molecule has 0 bridgehead atoms. The van der Waals surface area contributed by atoms with Gasteiger partial charge in [0.15, 0.2) is 0 Å². The topological polar surface area (TPSA) is 60.2 Å². The van der Waals surface area contributed by atoms with E-state index in [2.05, 4.69) is 10.2 Å². The van der Waals surface area contributed by atoms with Crippen molar-refractivity contribution in [3.05, 3.63) is 54.6 Å². The van der Waals surface area contributed by atoms with Crippen molar-refractivity contribution in [2.24, 2.45) is 16.1 Å². The summed E-state index contributed by atoms with van der Waals surface area (Å²) in [5, 5.41) is 8.34. The van der Waals surface area contributed by atoms with Gasteiger partial charge >= 0.3 is 5.97 Å². The lowest BCUT2D eigenvalue weighted by Gasteiger charge is -2.12. The molecule has 2 rings (SSSR count). The van der Waals surface area contributed by atoms with Crippen LogP contribution in [0.4, 0.5) is 11.4 Å². The highest BCUT2D eigenvalue weighted by atomic mass is 16.6. The van der Waals surface area contributed by atoms with Gasteiger partial charge in [0.05, 0.1) is 17.3 Å². The zero-order chi connectivity index (χ0) is 17.9. The Morgan fingerprint density at radius 2 is 1.48 bits per heavy atom. The number of rotatable bonds is 9. The smallest absolute Gasteiger partial charge is 0.309 e. The lowest BCUT2D eigenvalue weighted by atomic mass is 10.0. The number of nitrogens with zero attached hydrogens (tertiary/aromatic N) is 2. The first-order valence-corrected chi connectivity index (χ1v) is 8.59. The van der Waals surface area contributed by atoms with E-state index in [9.17, 15) is 4.79 Å². The van der Waals surface area contributed by atoms with E-state index >= 15 is 0 Å². The monoisotopic (exact) mass is 340 g/mol. The molecule has 0 aliphatic heterocycles. The fourth-order valence-corrected chi connectivity index (χ4v) is 2.26. The number of hydrogen-bond donors (Lipinski definition) is 0. The number of hydrogen-bond acceptors (Lipinski definition) is 5. The van der Waals surface area contributed by atoms with Gasteiger partial charge < -0.3 is 9.47 Å². The van der Waals surface area contributed by atoms with Crippen LogP contribution in [0.2, 0.25) is 0 Å². The number of carbonyl (C=O) groups excluding carboxylic acids is 1. The first-order chi connectivity index (χ1) is 12.2. The van der Waals surface area contributed by atoms with E-state index in [4.69, 9.17) is 9.47 Å². The molecule has 0 fully saturated rings. The zero-order valence-corrected chi connectivity index (χ0v) is 14.7. The summed E-state index contributed by atoms with van der Waals surface area (Å²) in [5.41, 5.74) is 1.55. The van der Waals surface area contributed by atoms with Crippen molar-refractivity contribution in [1.29, 1.82) is 0 Å². The van der Waals surface area contributed by atoms with Crippen molar-refractivity contribution in [3.8, 4) is 5.75 Å². The molecule has 5 nitrogen and oxygen atoms in total. The molecule has 25 heavy (non-hydrogen) atoms. The maximum atomic E-state index is 11.7. The maximum Gasteiger partial charge on any atom is 0.309 e. The number of benzene rings is 2. The standard InChI is InChI=1S/C20H24N2O3/c1-3-16(4-2)20(23)25-15-14-24-19-12-10-18(11-13-19)22-21-17-8-6-5-7-9-17/h5-13,16H,3-4,14-15H2,1-2H3/b22-21+. The Morgan fingerprint density at radius 3 is 2.08 bits per heavy atom. The molecule has 0 saturated heterocycles. The Balaban J connectivity index is 1.75. The van der Waals surface area contributed by atoms with Crippen LogP contribution in [-0.2, 0) is 9.53 Å². The molecule has 0 heterocycles. The van der Waals surface area contributed by atoms with E-state index in [0.29, 0.717) is 12.4 Å². The van der Waals surface area contributed by atoms with Gasteiger partial charge in [0.1, 0.15) is 19.0 Å². The fraction of sp³-hybridized carbons (Fsp3) is 0.350. The Labute approximate surface area is 148 Å². The number of esters is 1. The SMILES string of the molecule is CCC(CC)C(=O)OCCOc1ccc(/N=N/c2ccccc2)cc1. The predicted octanol–water partition coefficient (Wildman–Crippen LogP) is 5.46. The first kappa shape index (κ1) is 18.6. The van der Waals surface area contributed by atoms with Crippen LogP contribution in [0.1, 0.15) is 26.7 Å². The number of ether oxygens (including phenoxy) is 2. The predicted molar refractivity (Wildman–Crippen MR) is 97.6 cm³/mol. The van der Waals surface area contributed by atoms with Crippen LogP contribution in [0, 0.1) is 5.92 Å². The molecule has 0 aromatic heterocycles. The average molecular weight is 340 g/mol. The van der Waals surface area contributed by atoms with Crippen LogP contribution in [-0.4, -0.2) is 19.2 Å². The zero-order valence-electron chi connectivity index (χ0n) is 14.7. The van der Waals surface area contributed by atoms with Gasteiger partial charge in [-0.15, -0.1) is 0 Å². The minimum atomic E-state index is -0.148. The van der Waals surface area contributed by atoms with Crippen LogP contribution >= 0.6 is 0 Å². The highest BCUT2D eigenvalue weighted by molar-refractivity contribution is 5.72. The summed E-state index contributed by atoms with van der Waals surface area (Å²) in [6.45, 7) is 4.56. The highest BCUT2D eigenvalue weighted by Crippen LogP contribution is 2.21. The van der Waals surface area contributed by atoms with Gasteiger partial charge in [0.2, 0.25) is 0 Å². The molecule has 2 aromatic rings. The molecule has 0 atom stereocenters. The van der Waals surface area contributed by atoms with Gasteiger partial charge in [-0.2, -0.15) is 10.2 Å². The van der Waals surface area contributed by atoms with Crippen molar-refractivity contribution in [2.45, 2.75) is 26.7 Å². The molecule has 0 saturated carbocycles. The van der Waals surface area contributed by atoms with E-state index in [1.54, 1.807) is 0 Å². The Morgan fingerprint density at radius 1 is 0.880 bits per heavy atom. The van der Waals surface area contributed by atoms with Crippen LogP contribution in [0.5, 0.6) is 5.75 Å². The van der Waals surface area contributed by atoms with Gasteiger partial charge in [-0.25, -0.2) is 0 Å². The summed E-state index contributed by atoms with van der Waals surface area (Å²) < 4.78 is 10.8. The van der Waals surface area contributed by atoms with Crippen LogP contribution in [0.15, 0.2) is 64.8 Å². The second-order valence-corrected chi connectivity index (χ2v) is 5.56. The van der Waals surface area contributed by atoms with Gasteiger partial charge in [-0.3, -0.25) is 4.79 Å². The molecule has 2 aromatic carbocycles. The maximum absolute atomic E-state index is 11.7. The molecule has 5 heteroatoms. The third-order valence-corrected chi connectivity index (χ3v) is 3.79. The quantitative estimate of drug-likeness (QED) is 0.346. The van der Waals surface area contributed by atoms with E-state index in [1.165, 1.54) is 0 Å². The van der Waals surface area contributed by atoms with E-state index in [0.717, 1.165) is 24.2 Å². The lowest BCUT2D eigenvalue weighted by molar-refractivity contribution is -0.149. The highest BCUT2D eigenvalue weighted by Gasteiger charge is 2.15. The van der Waals surface area contributed by atoms with Crippen molar-refractivity contribution >= 4 is 17.3 Å². The van der Waals surface area contributed by atoms with E-state index < -0.39 is 0 Å². The lowest BCUT2D eigenvalue weighted by Crippen LogP contribution is -2.19. The van der Waals surface area contributed by atoms with Crippen molar-refractivity contribution in [1.82, 2.24) is 0 Å². The second kappa shape index (κ2) is 10.2. The van der Waals surface area contributed by atoms with Crippen LogP contribution in [0.25, 0.3) is 0 Å². The number of azo groups is 1. The van der Waals surface area contributed by atoms with Gasteiger partial charge in [-0.1, -0.05) is 32.0 Å². The largest absolute Gasteiger partial charge is 0.490 e. The molecule has 0 aliphatic rings. The molecule has 0 N–H and O–H groups in total. The summed E-state index contributed by atoms with van der Waals surface area (Å²) in [6.07, 6.45) is 1.60. The molecule has 0 unspecified atom stereocenters. The summed E-state index contributed by atoms with van der Waals surface area (Å²) in [5.74, 6) is 0.539. The van der Waals surface area contributed by atoms with Gasteiger partial charge in [0.25, 0.3) is 0 Å². The second-order valence-electron chi connectivity index (χ2n) is 5.56. The minimum absolute atomic E-state index is 0.0192. The van der Waals surface area contributed by atoms with Crippen LogP contribution in [0.3, 0.4) is 0 Å². The molecule has 0 radical (unpaired) electrons. The Bertz CT molecular complexity index is 665. The summed E-state index contributed by atoms with van der Waals surface area (Å²) >= 11 is 0. The number of carbonyl (C=O) groups is 1. The normalized spacial score (nSPS) is 11.0. The fourth-order valence-electron chi connectivity index (χ4n) is 2.26. The molecule has 0 aliphatic carbocycles. The van der Waals surface area contributed by atoms with Crippen molar-refractivity contribution in [2.75, 3.05) is 13.2 Å². The Kier molecular flexibility index (Phi) is 7.63. The average Bonchev–Trinajstić information content (AvgIpc) is 2.66. The third-order valence-electron chi connectivity index (χ3n) is 3.79. The van der Waals surface area contributed by atoms with Gasteiger partial charge in [0, 0.05) is 0 Å². The third kappa shape index (κ3) is 6.37.